The van der Waals surface area contributed by atoms with Gasteiger partial charge in [0.1, 0.15) is 5.78 Å². The molecule has 10 atom stereocenters. The van der Waals surface area contributed by atoms with E-state index in [0.717, 1.165) is 44.9 Å². The summed E-state index contributed by atoms with van der Waals surface area (Å²) in [5.74, 6) is 0.103. The molecule has 36 heavy (non-hydrogen) atoms. The van der Waals surface area contributed by atoms with Gasteiger partial charge in [-0.25, -0.2) is 4.39 Å². The predicted molar refractivity (Wildman–Crippen MR) is 121 cm³/mol. The Morgan fingerprint density at radius 3 is 2.22 bits per heavy atom. The first-order chi connectivity index (χ1) is 16.8. The third-order valence-electron chi connectivity index (χ3n) is 11.0. The van der Waals surface area contributed by atoms with Crippen LogP contribution < -0.4 is 0 Å². The maximum absolute atomic E-state index is 14.2. The summed E-state index contributed by atoms with van der Waals surface area (Å²) in [6.07, 6.45) is -10.7. The molecule has 0 aromatic heterocycles. The zero-order chi connectivity index (χ0) is 27.8. The number of rotatable bonds is 5. The highest BCUT2D eigenvalue weighted by Gasteiger charge is 2.72. The molecule has 0 saturated heterocycles. The van der Waals surface area contributed by atoms with E-state index >= 15 is 0 Å². The molecule has 208 valence electrons. The molecule has 4 saturated carbocycles. The number of fused-ring (bicyclic) bond motifs is 5. The molecule has 0 aliphatic heterocycles. The smallest absolute Gasteiger partial charge is 0.393 e. The molecular weight excluding hydrogens is 489 g/mol. The van der Waals surface area contributed by atoms with Gasteiger partial charge in [-0.05, 0) is 98.2 Å². The van der Waals surface area contributed by atoms with E-state index in [2.05, 4.69) is 6.92 Å². The predicted octanol–water partition coefficient (Wildman–Crippen LogP) is 7.82. The Kier molecular flexibility index (Phi) is 6.77. The number of aliphatic hydroxyl groups excluding tert-OH is 1. The van der Waals surface area contributed by atoms with Gasteiger partial charge in [-0.1, -0.05) is 27.2 Å². The number of Topliss-reactive ketones (excluding diaryl/α,β-unsaturated/α-hetero) is 1. The molecule has 0 unspecified atom stereocenters. The SMILES string of the molecule is [2H][C@@H](C[C@@H](C)[C@H]1CC(=O)[C@H]2[C@@H]3CC[C@H]4C[C@@H](O)CC[C@]4(C)[C@H]3CC[C@]12C)CC(F)(C(F)(F)F)C(F)(F)F. The first-order valence-electron chi connectivity index (χ1n) is 13.9. The monoisotopic (exact) mass is 529 g/mol. The topological polar surface area (TPSA) is 37.3 Å². The van der Waals surface area contributed by atoms with E-state index in [9.17, 15) is 40.6 Å². The summed E-state index contributed by atoms with van der Waals surface area (Å²) in [6, 6.07) is 0. The molecule has 1 N–H and O–H groups in total. The van der Waals surface area contributed by atoms with Crippen molar-refractivity contribution in [3.63, 3.8) is 0 Å². The number of ketones is 1. The lowest BCUT2D eigenvalue weighted by molar-refractivity contribution is -0.343. The fourth-order valence-electron chi connectivity index (χ4n) is 9.02. The average Bonchev–Trinajstić information content (AvgIpc) is 3.03. The minimum atomic E-state index is -6.16. The number of aliphatic hydroxyl groups is 1. The fourth-order valence-corrected chi connectivity index (χ4v) is 9.02. The van der Waals surface area contributed by atoms with E-state index < -0.39 is 42.2 Å². The second kappa shape index (κ2) is 9.11. The summed E-state index contributed by atoms with van der Waals surface area (Å²) >= 11 is 0. The lowest BCUT2D eigenvalue weighted by Gasteiger charge is -2.60. The van der Waals surface area contributed by atoms with E-state index in [1.165, 1.54) is 0 Å². The van der Waals surface area contributed by atoms with Crippen molar-refractivity contribution >= 4 is 5.78 Å². The van der Waals surface area contributed by atoms with Crippen molar-refractivity contribution in [2.45, 2.75) is 116 Å². The molecule has 0 radical (unpaired) electrons. The first kappa shape index (κ1) is 26.7. The molecule has 4 aliphatic rings. The number of carbonyl (C=O) groups is 1. The Morgan fingerprint density at radius 2 is 1.61 bits per heavy atom. The van der Waals surface area contributed by atoms with Crippen molar-refractivity contribution < 1.29 is 42.0 Å². The van der Waals surface area contributed by atoms with Crippen LogP contribution in [0.4, 0.5) is 30.7 Å². The zero-order valence-corrected chi connectivity index (χ0v) is 21.2. The van der Waals surface area contributed by atoms with Gasteiger partial charge in [0.25, 0.3) is 5.67 Å². The third kappa shape index (κ3) is 4.31. The minimum absolute atomic E-state index is 0.0549. The molecule has 0 aromatic carbocycles. The molecule has 9 heteroatoms. The van der Waals surface area contributed by atoms with E-state index in [4.69, 9.17) is 1.37 Å². The van der Waals surface area contributed by atoms with Crippen LogP contribution in [0.1, 0.15) is 92.7 Å². The number of hydrogen-bond donors (Lipinski definition) is 1. The van der Waals surface area contributed by atoms with Crippen molar-refractivity contribution in [3.8, 4) is 0 Å². The van der Waals surface area contributed by atoms with Crippen LogP contribution in [0, 0.1) is 46.3 Å². The van der Waals surface area contributed by atoms with Crippen LogP contribution in [0.3, 0.4) is 0 Å². The Bertz CT molecular complexity index is 862. The van der Waals surface area contributed by atoms with Crippen molar-refractivity contribution in [2.75, 3.05) is 0 Å². The van der Waals surface area contributed by atoms with Gasteiger partial charge in [-0.3, -0.25) is 4.79 Å². The second-order valence-electron chi connectivity index (χ2n) is 12.8. The van der Waals surface area contributed by atoms with E-state index in [-0.39, 0.29) is 47.9 Å². The van der Waals surface area contributed by atoms with Gasteiger partial charge in [0.2, 0.25) is 0 Å². The van der Waals surface area contributed by atoms with Gasteiger partial charge >= 0.3 is 12.4 Å². The highest BCUT2D eigenvalue weighted by molar-refractivity contribution is 5.85. The molecule has 0 aromatic rings. The van der Waals surface area contributed by atoms with Crippen molar-refractivity contribution in [2.24, 2.45) is 46.3 Å². The van der Waals surface area contributed by atoms with Crippen LogP contribution in [0.25, 0.3) is 0 Å². The summed E-state index contributed by atoms with van der Waals surface area (Å²) in [5.41, 5.74) is -5.81. The Hall–Kier alpha value is -0.860. The van der Waals surface area contributed by atoms with Gasteiger partial charge < -0.3 is 5.11 Å². The molecule has 0 amide bonds. The normalized spacial score (nSPS) is 43.8. The van der Waals surface area contributed by atoms with E-state index in [1.54, 1.807) is 6.92 Å². The van der Waals surface area contributed by atoms with Crippen molar-refractivity contribution in [1.82, 2.24) is 0 Å². The zero-order valence-electron chi connectivity index (χ0n) is 22.2. The summed E-state index contributed by atoms with van der Waals surface area (Å²) in [7, 11) is 0. The molecular formula is C27H39F7O2. The van der Waals surface area contributed by atoms with Crippen molar-refractivity contribution in [3.05, 3.63) is 0 Å². The van der Waals surface area contributed by atoms with Gasteiger partial charge in [-0.2, -0.15) is 26.3 Å². The molecule has 4 fully saturated rings. The van der Waals surface area contributed by atoms with Crippen LogP contribution in [-0.2, 0) is 4.79 Å². The standard InChI is InChI=1S/C27H39F7O2/c1-15(5-4-10-25(28,26(29,30)31)27(32,33)34)20-14-21(36)22-18-7-6-16-13-17(35)8-11-23(16,2)19(18)9-12-24(20,22)3/h15-20,22,35H,4-14H2,1-3H3/t15-,16+,17+,18-,19+,20-,22-,23+,24-/m1/s1/i4D/t4-,15+,16-,17-,18+,19-,20+,22+,23-,24+/m0. The molecule has 4 aliphatic carbocycles. The molecule has 0 heterocycles. The van der Waals surface area contributed by atoms with Gasteiger partial charge in [-0.15, -0.1) is 0 Å². The van der Waals surface area contributed by atoms with Crippen LogP contribution in [-0.4, -0.2) is 35.0 Å². The van der Waals surface area contributed by atoms with Crippen LogP contribution in [0.5, 0.6) is 0 Å². The largest absolute Gasteiger partial charge is 0.431 e. The van der Waals surface area contributed by atoms with Gasteiger partial charge in [0.15, 0.2) is 0 Å². The number of hydrogen-bond acceptors (Lipinski definition) is 2. The third-order valence-corrected chi connectivity index (χ3v) is 11.0. The summed E-state index contributed by atoms with van der Waals surface area (Å²) < 4.78 is 100. The van der Waals surface area contributed by atoms with Crippen molar-refractivity contribution in [1.29, 1.82) is 0 Å². The van der Waals surface area contributed by atoms with Crippen LogP contribution in [0.2, 0.25) is 0 Å². The van der Waals surface area contributed by atoms with Gasteiger partial charge in [0.05, 0.1) is 6.10 Å². The van der Waals surface area contributed by atoms with E-state index in [1.807, 2.05) is 6.92 Å². The molecule has 0 bridgehead atoms. The fraction of sp³-hybridized carbons (Fsp3) is 0.963. The average molecular weight is 530 g/mol. The Balaban J connectivity index is 1.50. The first-order valence-corrected chi connectivity index (χ1v) is 13.3. The van der Waals surface area contributed by atoms with Crippen LogP contribution >= 0.6 is 0 Å². The minimum Gasteiger partial charge on any atom is -0.393 e. The highest BCUT2D eigenvalue weighted by atomic mass is 19.4. The molecule has 0 spiro atoms. The Labute approximate surface area is 210 Å². The number of carbonyl (C=O) groups excluding carboxylic acids is 1. The lowest BCUT2D eigenvalue weighted by atomic mass is 9.44. The number of alkyl halides is 7. The lowest BCUT2D eigenvalue weighted by Crippen LogP contribution is -2.55. The molecule has 4 rings (SSSR count). The summed E-state index contributed by atoms with van der Waals surface area (Å²) in [6.45, 7) is 6.00. The summed E-state index contributed by atoms with van der Waals surface area (Å²) in [5, 5.41) is 10.2. The quantitative estimate of drug-likeness (QED) is 0.369. The summed E-state index contributed by atoms with van der Waals surface area (Å²) in [4.78, 5) is 13.4. The Morgan fingerprint density at radius 1 is 1.00 bits per heavy atom. The highest BCUT2D eigenvalue weighted by Crippen LogP contribution is 2.67. The van der Waals surface area contributed by atoms with Gasteiger partial charge in [0, 0.05) is 13.7 Å². The van der Waals surface area contributed by atoms with Crippen LogP contribution in [0.15, 0.2) is 0 Å². The second-order valence-corrected chi connectivity index (χ2v) is 12.8. The maximum Gasteiger partial charge on any atom is 0.431 e. The maximum atomic E-state index is 14.2. The van der Waals surface area contributed by atoms with E-state index in [0.29, 0.717) is 11.8 Å². The number of halogens is 7. The molecule has 2 nitrogen and oxygen atoms in total.